The number of imidazole rings is 1. The summed E-state index contributed by atoms with van der Waals surface area (Å²) < 4.78 is 13.9. The molecule has 1 aliphatic heterocycles. The number of aromatic nitrogens is 2. The van der Waals surface area contributed by atoms with Crippen LogP contribution < -0.4 is 4.74 Å². The van der Waals surface area contributed by atoms with Gasteiger partial charge in [0.2, 0.25) is 0 Å². The van der Waals surface area contributed by atoms with Crippen molar-refractivity contribution in [2.75, 3.05) is 13.1 Å². The van der Waals surface area contributed by atoms with Crippen molar-refractivity contribution in [2.45, 2.75) is 51.9 Å². The highest BCUT2D eigenvalue weighted by atomic mass is 35.5. The average molecular weight is 476 g/mol. The topological polar surface area (TPSA) is 56.6 Å². The zero-order chi connectivity index (χ0) is 22.9. The highest BCUT2D eigenvalue weighted by Crippen LogP contribution is 2.28. The summed E-state index contributed by atoms with van der Waals surface area (Å²) in [5, 5.41) is 1.25. The van der Waals surface area contributed by atoms with Crippen molar-refractivity contribution >= 4 is 40.3 Å². The van der Waals surface area contributed by atoms with Gasteiger partial charge in [0.1, 0.15) is 11.7 Å². The van der Waals surface area contributed by atoms with Gasteiger partial charge in [-0.25, -0.2) is 4.79 Å². The van der Waals surface area contributed by atoms with Crippen LogP contribution in [0.3, 0.4) is 0 Å². The second-order valence-corrected chi connectivity index (χ2v) is 9.86. The molecule has 32 heavy (non-hydrogen) atoms. The lowest BCUT2D eigenvalue weighted by Crippen LogP contribution is -2.46. The molecule has 1 aromatic heterocycles. The molecule has 0 aliphatic carbocycles. The molecule has 0 saturated carbocycles. The zero-order valence-electron chi connectivity index (χ0n) is 18.5. The van der Waals surface area contributed by atoms with Crippen LogP contribution in [0, 0.1) is 0 Å². The number of rotatable bonds is 4. The first kappa shape index (κ1) is 22.7. The van der Waals surface area contributed by atoms with Crippen LogP contribution in [0.5, 0.6) is 6.01 Å². The molecule has 8 heteroatoms. The molecule has 3 aromatic rings. The Morgan fingerprint density at radius 1 is 1.19 bits per heavy atom. The van der Waals surface area contributed by atoms with Crippen molar-refractivity contribution in [2.24, 2.45) is 0 Å². The van der Waals surface area contributed by atoms with Gasteiger partial charge < -0.3 is 14.4 Å². The highest BCUT2D eigenvalue weighted by Gasteiger charge is 2.29. The molecular weight excluding hydrogens is 449 g/mol. The van der Waals surface area contributed by atoms with Crippen LogP contribution in [0.2, 0.25) is 10.0 Å². The van der Waals surface area contributed by atoms with Crippen LogP contribution in [-0.2, 0) is 11.3 Å². The molecule has 0 N–H and O–H groups in total. The van der Waals surface area contributed by atoms with Gasteiger partial charge in [-0.3, -0.25) is 4.57 Å². The maximum absolute atomic E-state index is 12.5. The number of ether oxygens (including phenoxy) is 2. The van der Waals surface area contributed by atoms with Gasteiger partial charge in [0.25, 0.3) is 6.01 Å². The molecule has 1 saturated heterocycles. The predicted molar refractivity (Wildman–Crippen MR) is 127 cm³/mol. The second kappa shape index (κ2) is 9.20. The normalized spacial score (nSPS) is 16.9. The SMILES string of the molecule is CC(C)(C)OC(=O)N1CCCC(Oc2nc3ccccc3n2Cc2cc(Cl)ccc2Cl)C1. The summed E-state index contributed by atoms with van der Waals surface area (Å²) in [5.41, 5.74) is 2.12. The molecule has 1 fully saturated rings. The third-order valence-corrected chi connectivity index (χ3v) is 5.86. The number of amides is 1. The Balaban J connectivity index is 1.58. The molecule has 0 bridgehead atoms. The number of carbonyl (C=O) groups excluding carboxylic acids is 1. The second-order valence-electron chi connectivity index (χ2n) is 9.01. The molecule has 0 radical (unpaired) electrons. The van der Waals surface area contributed by atoms with E-state index in [1.807, 2.05) is 55.7 Å². The highest BCUT2D eigenvalue weighted by molar-refractivity contribution is 6.33. The Morgan fingerprint density at radius 3 is 2.75 bits per heavy atom. The molecular formula is C24H27Cl2N3O3. The molecule has 1 amide bonds. The fraction of sp³-hybridized carbons (Fsp3) is 0.417. The lowest BCUT2D eigenvalue weighted by atomic mass is 10.1. The van der Waals surface area contributed by atoms with Gasteiger partial charge >= 0.3 is 6.09 Å². The van der Waals surface area contributed by atoms with Crippen LogP contribution >= 0.6 is 23.2 Å². The maximum Gasteiger partial charge on any atom is 0.410 e. The van der Waals surface area contributed by atoms with E-state index < -0.39 is 5.60 Å². The van der Waals surface area contributed by atoms with E-state index in [9.17, 15) is 4.79 Å². The number of para-hydroxylation sites is 2. The van der Waals surface area contributed by atoms with Crippen LogP contribution in [0.25, 0.3) is 11.0 Å². The fourth-order valence-electron chi connectivity index (χ4n) is 3.81. The Kier molecular flexibility index (Phi) is 6.54. The molecule has 2 aromatic carbocycles. The number of piperidine rings is 1. The van der Waals surface area contributed by atoms with Gasteiger partial charge in [0.15, 0.2) is 0 Å². The van der Waals surface area contributed by atoms with Crippen molar-refractivity contribution < 1.29 is 14.3 Å². The van der Waals surface area contributed by atoms with Crippen molar-refractivity contribution in [1.82, 2.24) is 14.5 Å². The first-order chi connectivity index (χ1) is 15.2. The van der Waals surface area contributed by atoms with Gasteiger partial charge in [-0.15, -0.1) is 0 Å². The van der Waals surface area contributed by atoms with Crippen molar-refractivity contribution in [3.63, 3.8) is 0 Å². The van der Waals surface area contributed by atoms with Gasteiger partial charge in [-0.05, 0) is 69.5 Å². The summed E-state index contributed by atoms with van der Waals surface area (Å²) in [7, 11) is 0. The molecule has 6 nitrogen and oxygen atoms in total. The lowest BCUT2D eigenvalue weighted by molar-refractivity contribution is 0.00626. The third-order valence-electron chi connectivity index (χ3n) is 5.26. The summed E-state index contributed by atoms with van der Waals surface area (Å²) in [5.74, 6) is 0. The largest absolute Gasteiger partial charge is 0.459 e. The summed E-state index contributed by atoms with van der Waals surface area (Å²) >= 11 is 12.6. The Morgan fingerprint density at radius 2 is 1.97 bits per heavy atom. The monoisotopic (exact) mass is 475 g/mol. The Labute approximate surface area is 198 Å². The van der Waals surface area contributed by atoms with E-state index in [1.165, 1.54) is 0 Å². The van der Waals surface area contributed by atoms with Gasteiger partial charge in [0.05, 0.1) is 24.1 Å². The number of benzene rings is 2. The van der Waals surface area contributed by atoms with Crippen molar-refractivity contribution in [3.8, 4) is 6.01 Å². The lowest BCUT2D eigenvalue weighted by Gasteiger charge is -2.34. The predicted octanol–water partition coefficient (Wildman–Crippen LogP) is 6.17. The molecule has 1 aliphatic rings. The number of nitrogens with zero attached hydrogens (tertiary/aromatic N) is 3. The fourth-order valence-corrected chi connectivity index (χ4v) is 4.18. The summed E-state index contributed by atoms with van der Waals surface area (Å²) in [6.07, 6.45) is 1.18. The number of halogens is 2. The zero-order valence-corrected chi connectivity index (χ0v) is 20.0. The number of fused-ring (bicyclic) bond motifs is 1. The van der Waals surface area contributed by atoms with Crippen LogP contribution in [0.4, 0.5) is 4.79 Å². The number of likely N-dealkylation sites (tertiary alicyclic amines) is 1. The molecule has 1 unspecified atom stereocenters. The van der Waals surface area contributed by atoms with Gasteiger partial charge in [0, 0.05) is 16.6 Å². The Hall–Kier alpha value is -2.44. The van der Waals surface area contributed by atoms with Crippen LogP contribution in [-0.4, -0.2) is 45.3 Å². The third kappa shape index (κ3) is 5.30. The minimum absolute atomic E-state index is 0.179. The van der Waals surface area contributed by atoms with Gasteiger partial charge in [-0.2, -0.15) is 4.98 Å². The van der Waals surface area contributed by atoms with Gasteiger partial charge in [-0.1, -0.05) is 35.3 Å². The molecule has 170 valence electrons. The van der Waals surface area contributed by atoms with E-state index in [-0.39, 0.29) is 12.2 Å². The minimum atomic E-state index is -0.533. The van der Waals surface area contributed by atoms with E-state index in [4.69, 9.17) is 37.7 Å². The van der Waals surface area contributed by atoms with E-state index in [0.29, 0.717) is 35.7 Å². The van der Waals surface area contributed by atoms with E-state index >= 15 is 0 Å². The number of carbonyl (C=O) groups is 1. The molecule has 2 heterocycles. The quantitative estimate of drug-likeness (QED) is 0.452. The summed E-state index contributed by atoms with van der Waals surface area (Å²) in [6.45, 7) is 7.18. The smallest absolute Gasteiger partial charge is 0.410 e. The first-order valence-corrected chi connectivity index (χ1v) is 11.5. The van der Waals surface area contributed by atoms with E-state index in [1.54, 1.807) is 17.0 Å². The van der Waals surface area contributed by atoms with Crippen molar-refractivity contribution in [3.05, 3.63) is 58.1 Å². The summed E-state index contributed by atoms with van der Waals surface area (Å²) in [4.78, 5) is 19.0. The van der Waals surface area contributed by atoms with Crippen LogP contribution in [0.1, 0.15) is 39.2 Å². The number of hydrogen-bond acceptors (Lipinski definition) is 4. The molecule has 1 atom stereocenters. The number of hydrogen-bond donors (Lipinski definition) is 0. The van der Waals surface area contributed by atoms with Crippen molar-refractivity contribution in [1.29, 1.82) is 0 Å². The minimum Gasteiger partial charge on any atom is -0.459 e. The molecule has 4 rings (SSSR count). The van der Waals surface area contributed by atoms with E-state index in [0.717, 1.165) is 29.4 Å². The van der Waals surface area contributed by atoms with E-state index in [2.05, 4.69) is 0 Å². The van der Waals surface area contributed by atoms with Crippen LogP contribution in [0.15, 0.2) is 42.5 Å². The molecule has 0 spiro atoms. The Bertz CT molecular complexity index is 1120. The average Bonchev–Trinajstić information content (AvgIpc) is 3.07. The maximum atomic E-state index is 12.5. The first-order valence-electron chi connectivity index (χ1n) is 10.7. The summed E-state index contributed by atoms with van der Waals surface area (Å²) in [6, 6.07) is 13.8. The standard InChI is InChI=1S/C24H27Cl2N3O3/c1-24(2,3)32-23(30)28-12-6-7-18(15-28)31-22-27-20-8-4-5-9-21(20)29(22)14-16-13-17(25)10-11-19(16)26/h4-5,8-11,13,18H,6-7,12,14-15H2,1-3H3.